The molecule has 0 fully saturated rings. The van der Waals surface area contributed by atoms with E-state index in [1.807, 2.05) is 24.3 Å². The van der Waals surface area contributed by atoms with Crippen LogP contribution < -0.4 is 5.32 Å². The number of thioether (sulfide) groups is 1. The van der Waals surface area contributed by atoms with Gasteiger partial charge in [0.25, 0.3) is 0 Å². The number of Topliss-reactive ketones (excluding diaryl/α,β-unsaturated/α-hetero) is 1. The Kier molecular flexibility index (Phi) is 4.04. The molecule has 1 atom stereocenters. The van der Waals surface area contributed by atoms with Crippen molar-refractivity contribution in [3.05, 3.63) is 30.1 Å². The number of hydrogen-bond donors (Lipinski definition) is 1. The minimum Gasteiger partial charge on any atom is -0.451 e. The van der Waals surface area contributed by atoms with Crippen LogP contribution in [0.4, 0.5) is 0 Å². The number of hydrogen-bond acceptors (Lipinski definition) is 6. The molecule has 0 unspecified atom stereocenters. The predicted octanol–water partition coefficient (Wildman–Crippen LogP) is 2.48. The van der Waals surface area contributed by atoms with Crippen LogP contribution in [0.2, 0.25) is 0 Å². The maximum atomic E-state index is 11.9. The standard InChI is InChI=1S/C16H15N3O3S/c1-8(20)14(15(21)17-3)23-16-13-12(18-9(2)19-16)10-6-4-5-7-11(10)22-13/h4-7,14H,1-3H3,(H,17,21)/t14-/m0/s1. The van der Waals surface area contributed by atoms with Gasteiger partial charge in [0, 0.05) is 12.4 Å². The van der Waals surface area contributed by atoms with Crippen LogP contribution in [-0.4, -0.2) is 34.0 Å². The first-order valence-corrected chi connectivity index (χ1v) is 7.94. The third-order valence-corrected chi connectivity index (χ3v) is 4.67. The fraction of sp³-hybridized carbons (Fsp3) is 0.250. The molecule has 0 radical (unpaired) electrons. The molecule has 1 N–H and O–H groups in total. The number of aryl methyl sites for hydroxylation is 1. The minimum absolute atomic E-state index is 0.241. The predicted molar refractivity (Wildman–Crippen MR) is 88.4 cm³/mol. The van der Waals surface area contributed by atoms with Gasteiger partial charge in [-0.3, -0.25) is 9.59 Å². The smallest absolute Gasteiger partial charge is 0.240 e. The first kappa shape index (κ1) is 15.5. The third-order valence-electron chi connectivity index (χ3n) is 3.38. The Bertz CT molecular complexity index is 919. The summed E-state index contributed by atoms with van der Waals surface area (Å²) in [6.07, 6.45) is 0. The van der Waals surface area contributed by atoms with E-state index in [-0.39, 0.29) is 11.7 Å². The fourth-order valence-electron chi connectivity index (χ4n) is 2.32. The van der Waals surface area contributed by atoms with Crippen molar-refractivity contribution in [1.82, 2.24) is 15.3 Å². The molecule has 2 aromatic heterocycles. The van der Waals surface area contributed by atoms with Crippen LogP contribution in [0.15, 0.2) is 33.7 Å². The number of aromatic nitrogens is 2. The van der Waals surface area contributed by atoms with Gasteiger partial charge < -0.3 is 9.73 Å². The topological polar surface area (TPSA) is 85.1 Å². The highest BCUT2D eigenvalue weighted by Gasteiger charge is 2.27. The summed E-state index contributed by atoms with van der Waals surface area (Å²) in [6, 6.07) is 7.55. The van der Waals surface area contributed by atoms with E-state index >= 15 is 0 Å². The largest absolute Gasteiger partial charge is 0.451 e. The van der Waals surface area contributed by atoms with Crippen molar-refractivity contribution in [3.8, 4) is 0 Å². The lowest BCUT2D eigenvalue weighted by atomic mass is 10.2. The molecule has 3 aromatic rings. The molecule has 2 heterocycles. The van der Waals surface area contributed by atoms with E-state index in [0.717, 1.165) is 17.1 Å². The number of furan rings is 1. The summed E-state index contributed by atoms with van der Waals surface area (Å²) in [4.78, 5) is 32.5. The summed E-state index contributed by atoms with van der Waals surface area (Å²) in [7, 11) is 1.50. The van der Waals surface area contributed by atoms with Gasteiger partial charge in [0.2, 0.25) is 5.91 Å². The number of amides is 1. The molecule has 1 amide bonds. The number of nitrogens with zero attached hydrogens (tertiary/aromatic N) is 2. The van der Waals surface area contributed by atoms with E-state index in [4.69, 9.17) is 4.42 Å². The van der Waals surface area contributed by atoms with E-state index in [1.54, 1.807) is 6.92 Å². The number of nitrogens with one attached hydrogen (secondary N) is 1. The molecule has 118 valence electrons. The second kappa shape index (κ2) is 6.00. The van der Waals surface area contributed by atoms with Gasteiger partial charge in [-0.25, -0.2) is 9.97 Å². The molecule has 3 rings (SSSR count). The number of ketones is 1. The molecule has 0 aliphatic carbocycles. The van der Waals surface area contributed by atoms with E-state index < -0.39 is 5.25 Å². The van der Waals surface area contributed by atoms with Gasteiger partial charge in [0.05, 0.1) is 0 Å². The molecule has 1 aromatic carbocycles. The van der Waals surface area contributed by atoms with Crippen molar-refractivity contribution >= 4 is 45.5 Å². The highest BCUT2D eigenvalue weighted by Crippen LogP contribution is 2.34. The molecule has 6 nitrogen and oxygen atoms in total. The number of carbonyl (C=O) groups is 2. The van der Waals surface area contributed by atoms with Gasteiger partial charge >= 0.3 is 0 Å². The normalized spacial score (nSPS) is 12.5. The zero-order valence-corrected chi connectivity index (χ0v) is 13.7. The number of fused-ring (bicyclic) bond motifs is 3. The fourth-order valence-corrected chi connectivity index (χ4v) is 3.36. The average molecular weight is 329 g/mol. The van der Waals surface area contributed by atoms with Crippen LogP contribution in [0.3, 0.4) is 0 Å². The van der Waals surface area contributed by atoms with Crippen molar-refractivity contribution in [2.45, 2.75) is 24.1 Å². The van der Waals surface area contributed by atoms with Crippen LogP contribution in [0.5, 0.6) is 0 Å². The first-order valence-electron chi connectivity index (χ1n) is 7.06. The Morgan fingerprint density at radius 1 is 1.26 bits per heavy atom. The molecule has 23 heavy (non-hydrogen) atoms. The van der Waals surface area contributed by atoms with Crippen molar-refractivity contribution in [2.75, 3.05) is 7.05 Å². The summed E-state index contributed by atoms with van der Waals surface area (Å²) < 4.78 is 5.84. The lowest BCUT2D eigenvalue weighted by Gasteiger charge is -2.11. The van der Waals surface area contributed by atoms with E-state index in [1.165, 1.54) is 14.0 Å². The number of rotatable bonds is 4. The lowest BCUT2D eigenvalue weighted by molar-refractivity contribution is -0.126. The molecule has 0 spiro atoms. The lowest BCUT2D eigenvalue weighted by Crippen LogP contribution is -2.34. The van der Waals surface area contributed by atoms with Gasteiger partial charge in [0.1, 0.15) is 27.2 Å². The van der Waals surface area contributed by atoms with Crippen LogP contribution in [0, 0.1) is 6.92 Å². The Labute approximate surface area is 136 Å². The monoisotopic (exact) mass is 329 g/mol. The number of para-hydroxylation sites is 1. The van der Waals surface area contributed by atoms with Crippen molar-refractivity contribution in [2.24, 2.45) is 0 Å². The van der Waals surface area contributed by atoms with E-state index in [0.29, 0.717) is 27.5 Å². The molecule has 0 aliphatic heterocycles. The molecule has 0 saturated heterocycles. The molecule has 0 bridgehead atoms. The SMILES string of the molecule is CNC(=O)[C@@H](Sc1nc(C)nc2c1oc1ccccc12)C(C)=O. The average Bonchev–Trinajstić information content (AvgIpc) is 2.90. The van der Waals surface area contributed by atoms with Gasteiger partial charge in [-0.2, -0.15) is 0 Å². The van der Waals surface area contributed by atoms with Gasteiger partial charge in [-0.1, -0.05) is 23.9 Å². The highest BCUT2D eigenvalue weighted by atomic mass is 32.2. The zero-order chi connectivity index (χ0) is 16.6. The van der Waals surface area contributed by atoms with Gasteiger partial charge in [-0.15, -0.1) is 0 Å². The molecule has 7 heteroatoms. The molecule has 0 saturated carbocycles. The van der Waals surface area contributed by atoms with Crippen molar-refractivity contribution in [3.63, 3.8) is 0 Å². The Morgan fingerprint density at radius 2 is 2.00 bits per heavy atom. The van der Waals surface area contributed by atoms with Crippen molar-refractivity contribution in [1.29, 1.82) is 0 Å². The van der Waals surface area contributed by atoms with Crippen LogP contribution in [0.1, 0.15) is 12.7 Å². The van der Waals surface area contributed by atoms with Crippen molar-refractivity contribution < 1.29 is 14.0 Å². The summed E-state index contributed by atoms with van der Waals surface area (Å²) in [5.41, 5.74) is 1.88. The van der Waals surface area contributed by atoms with Crippen LogP contribution in [0.25, 0.3) is 22.1 Å². The van der Waals surface area contributed by atoms with Gasteiger partial charge in [-0.05, 0) is 26.0 Å². The van der Waals surface area contributed by atoms with Crippen LogP contribution >= 0.6 is 11.8 Å². The van der Waals surface area contributed by atoms with E-state index in [2.05, 4.69) is 15.3 Å². The van der Waals surface area contributed by atoms with Gasteiger partial charge in [0.15, 0.2) is 11.4 Å². The Hall–Kier alpha value is -2.41. The third kappa shape index (κ3) is 2.79. The zero-order valence-electron chi connectivity index (χ0n) is 12.9. The number of carbonyl (C=O) groups excluding carboxylic acids is 2. The number of benzene rings is 1. The molecular weight excluding hydrogens is 314 g/mol. The minimum atomic E-state index is -0.870. The molecular formula is C16H15N3O3S. The summed E-state index contributed by atoms with van der Waals surface area (Å²) in [6.45, 7) is 3.16. The Morgan fingerprint density at radius 3 is 2.70 bits per heavy atom. The van der Waals surface area contributed by atoms with E-state index in [9.17, 15) is 9.59 Å². The maximum Gasteiger partial charge on any atom is 0.240 e. The van der Waals surface area contributed by atoms with Crippen LogP contribution in [-0.2, 0) is 9.59 Å². The first-order chi connectivity index (χ1) is 11.0. The summed E-state index contributed by atoms with van der Waals surface area (Å²) >= 11 is 1.08. The highest BCUT2D eigenvalue weighted by molar-refractivity contribution is 8.01. The maximum absolute atomic E-state index is 11.9. The second-order valence-corrected chi connectivity index (χ2v) is 6.17. The Balaban J connectivity index is 2.17. The summed E-state index contributed by atoms with van der Waals surface area (Å²) in [5.74, 6) is -0.0383. The molecule has 0 aliphatic rings. The summed E-state index contributed by atoms with van der Waals surface area (Å²) in [5, 5.41) is 3.01. The quantitative estimate of drug-likeness (QED) is 0.450. The second-order valence-electron chi connectivity index (χ2n) is 5.07.